The summed E-state index contributed by atoms with van der Waals surface area (Å²) in [5.41, 5.74) is 27.9. The van der Waals surface area contributed by atoms with Crippen LogP contribution in [0.4, 0.5) is 17.1 Å². The van der Waals surface area contributed by atoms with Crippen LogP contribution >= 0.6 is 0 Å². The minimum atomic E-state index is -1.99. The molecular weight excluding hydrogens is 1000 g/mol. The highest BCUT2D eigenvalue weighted by molar-refractivity contribution is 6.99. The number of allylic oxidation sites excluding steroid dienone is 15. The van der Waals surface area contributed by atoms with Gasteiger partial charge in [0.1, 0.15) is 24.2 Å². The molecule has 0 bridgehead atoms. The minimum Gasteiger partial charge on any atom is -0.399 e. The number of nitrogens with two attached hydrogens (primary N) is 1. The normalized spacial score (nSPS) is 17.6. The number of rotatable bonds is 5. The minimum absolute atomic E-state index is 0.0795. The van der Waals surface area contributed by atoms with Crippen LogP contribution in [0.3, 0.4) is 0 Å². The standard InChI is InChI=1S/C24H25NOSi.C23H23NOSi.C22H21NOSi/c1-16-8-6-7-9-19(16)24-20-12-10-17(25(2)3)14-22(20)27(4,5)23-15-18(26)11-13-21(23)24;1-15-7-5-6-8-18(15)23-19-11-9-16(24-2)13-21(19)26(3,4)22-14-17(25)10-12-20(22)23;1-14-6-4-5-7-17(14)22-18-10-8-15(23)12-20(18)25(2,3)21-13-16(24)9-11-19(21)22/h6-15H,1-5H3;5-14,24H,1-4H3;4-13H,23H2,1-3H3. The van der Waals surface area contributed by atoms with Gasteiger partial charge in [0.2, 0.25) is 0 Å². The molecule has 78 heavy (non-hydrogen) atoms. The summed E-state index contributed by atoms with van der Waals surface area (Å²) in [6, 6.07) is 45.2. The molecular formula is C69H69N3O3Si3. The second kappa shape index (κ2) is 20.4. The molecule has 0 spiro atoms. The Morgan fingerprint density at radius 1 is 0.410 bits per heavy atom. The van der Waals surface area contributed by atoms with Crippen molar-refractivity contribution in [1.82, 2.24) is 0 Å². The lowest BCUT2D eigenvalue weighted by Gasteiger charge is -2.38. The molecule has 6 aromatic rings. The Bertz CT molecular complexity index is 3880. The molecule has 0 fully saturated rings. The molecule has 6 nitrogen and oxygen atoms in total. The number of nitrogens with zero attached hydrogens (tertiary/aromatic N) is 1. The van der Waals surface area contributed by atoms with Gasteiger partial charge in [-0.15, -0.1) is 0 Å². The van der Waals surface area contributed by atoms with Crippen molar-refractivity contribution in [2.24, 2.45) is 0 Å². The van der Waals surface area contributed by atoms with Gasteiger partial charge in [-0.1, -0.05) is 149 Å². The molecule has 0 amide bonds. The van der Waals surface area contributed by atoms with Crippen LogP contribution in [0.1, 0.15) is 50.1 Å². The molecule has 3 N–H and O–H groups in total. The van der Waals surface area contributed by atoms with Crippen molar-refractivity contribution < 1.29 is 14.4 Å². The second-order valence-electron chi connectivity index (χ2n) is 23.0. The molecule has 0 saturated heterocycles. The van der Waals surface area contributed by atoms with E-state index in [2.05, 4.69) is 206 Å². The maximum Gasteiger partial charge on any atom is 0.178 e. The summed E-state index contributed by atoms with van der Waals surface area (Å²) < 4.78 is 0. The first-order chi connectivity index (χ1) is 37.1. The quantitative estimate of drug-likeness (QED) is 0.132. The Labute approximate surface area is 464 Å². The van der Waals surface area contributed by atoms with Crippen LogP contribution in [0.5, 0.6) is 0 Å². The van der Waals surface area contributed by atoms with Gasteiger partial charge in [-0.2, -0.15) is 0 Å². The molecule has 0 radical (unpaired) electrons. The summed E-state index contributed by atoms with van der Waals surface area (Å²) >= 11 is 0. The summed E-state index contributed by atoms with van der Waals surface area (Å²) in [5, 5.41) is 11.1. The van der Waals surface area contributed by atoms with E-state index < -0.39 is 24.2 Å². The number of ketones is 3. The van der Waals surface area contributed by atoms with Crippen LogP contribution in [-0.4, -0.2) is 62.7 Å². The van der Waals surface area contributed by atoms with Crippen molar-refractivity contribution in [2.45, 2.75) is 60.1 Å². The zero-order valence-electron chi connectivity index (χ0n) is 47.1. The lowest BCUT2D eigenvalue weighted by molar-refractivity contribution is -0.111. The Balaban J connectivity index is 0.000000132. The highest BCUT2D eigenvalue weighted by Gasteiger charge is 2.43. The number of carbonyl (C=O) groups is 3. The summed E-state index contributed by atoms with van der Waals surface area (Å²) in [6.45, 7) is 20.5. The van der Waals surface area contributed by atoms with Crippen molar-refractivity contribution in [3.8, 4) is 0 Å². The molecule has 0 aromatic heterocycles. The van der Waals surface area contributed by atoms with E-state index >= 15 is 0 Å². The number of hydrogen-bond acceptors (Lipinski definition) is 6. The van der Waals surface area contributed by atoms with Gasteiger partial charge < -0.3 is 16.0 Å². The lowest BCUT2D eigenvalue weighted by atomic mass is 9.88. The average Bonchev–Trinajstić information content (AvgIpc) is 3.14. The Hall–Kier alpha value is -7.96. The maximum atomic E-state index is 12.2. The molecule has 0 unspecified atom stereocenters. The summed E-state index contributed by atoms with van der Waals surface area (Å²) in [7, 11) is 0.178. The van der Waals surface area contributed by atoms with E-state index in [9.17, 15) is 14.4 Å². The highest BCUT2D eigenvalue weighted by Crippen LogP contribution is 2.45. The van der Waals surface area contributed by atoms with Crippen LogP contribution in [0, 0.1) is 20.8 Å². The van der Waals surface area contributed by atoms with Crippen LogP contribution < -0.4 is 31.5 Å². The van der Waals surface area contributed by atoms with Crippen LogP contribution in [0.2, 0.25) is 39.3 Å². The van der Waals surface area contributed by atoms with E-state index in [1.165, 1.54) is 120 Å². The Kier molecular flexibility index (Phi) is 14.0. The molecule has 12 rings (SSSR count). The number of fused-ring (bicyclic) bond motifs is 6. The van der Waals surface area contributed by atoms with Crippen LogP contribution in [0.25, 0.3) is 16.7 Å². The van der Waals surface area contributed by atoms with Crippen LogP contribution in [-0.2, 0) is 14.4 Å². The zero-order chi connectivity index (χ0) is 55.6. The van der Waals surface area contributed by atoms with Crippen molar-refractivity contribution in [3.63, 3.8) is 0 Å². The van der Waals surface area contributed by atoms with Gasteiger partial charge in [0, 0.05) is 38.2 Å². The van der Waals surface area contributed by atoms with Gasteiger partial charge in [0.25, 0.3) is 0 Å². The van der Waals surface area contributed by atoms with E-state index in [0.717, 1.165) is 11.4 Å². The third-order valence-corrected chi connectivity index (χ3v) is 27.3. The second-order valence-corrected chi connectivity index (χ2v) is 36.0. The number of anilines is 3. The predicted octanol–water partition coefficient (Wildman–Crippen LogP) is 12.7. The first-order valence-corrected chi connectivity index (χ1v) is 35.9. The van der Waals surface area contributed by atoms with Crippen molar-refractivity contribution in [2.75, 3.05) is 37.1 Å². The van der Waals surface area contributed by atoms with Gasteiger partial charge >= 0.3 is 0 Å². The highest BCUT2D eigenvalue weighted by atomic mass is 28.3. The molecule has 6 aliphatic rings. The van der Waals surface area contributed by atoms with E-state index in [4.69, 9.17) is 5.73 Å². The number of hydrogen-bond donors (Lipinski definition) is 2. The van der Waals surface area contributed by atoms with E-state index in [1.807, 2.05) is 49.6 Å². The summed E-state index contributed by atoms with van der Waals surface area (Å²) in [5.74, 6) is 0.281. The fourth-order valence-electron chi connectivity index (χ4n) is 12.4. The lowest BCUT2D eigenvalue weighted by Crippen LogP contribution is -2.49. The molecule has 390 valence electrons. The Morgan fingerprint density at radius 3 is 1.13 bits per heavy atom. The molecule has 3 aliphatic heterocycles. The third kappa shape index (κ3) is 9.33. The summed E-state index contributed by atoms with van der Waals surface area (Å²) in [4.78, 5) is 38.7. The first kappa shape index (κ1) is 53.4. The number of benzene rings is 6. The van der Waals surface area contributed by atoms with E-state index in [0.29, 0.717) is 0 Å². The van der Waals surface area contributed by atoms with Gasteiger partial charge in [-0.25, -0.2) is 0 Å². The number of aryl methyl sites for hydroxylation is 3. The largest absolute Gasteiger partial charge is 0.399 e. The summed E-state index contributed by atoms with van der Waals surface area (Å²) in [6.07, 6.45) is 16.8. The SMILES string of the molecule is CNc1ccc2c(c1)[Si](C)(C)C1=CC(=O)C=CC1=C2c1ccccc1C.Cc1ccccc1C1=C2C=CC(=O)C=C2[Si](C)(C)c2cc(N(C)C)ccc21.Cc1ccccc1C1=C2C=CC(=O)C=C2[Si](C)(C)c2cc(N)ccc21. The molecule has 3 aliphatic carbocycles. The first-order valence-electron chi connectivity index (χ1n) is 26.9. The number of nitrogen functional groups attached to an aromatic ring is 1. The molecule has 0 atom stereocenters. The van der Waals surface area contributed by atoms with Crippen molar-refractivity contribution in [1.29, 1.82) is 0 Å². The molecule has 9 heteroatoms. The van der Waals surface area contributed by atoms with Crippen molar-refractivity contribution >= 4 is 90.9 Å². The fourth-order valence-corrected chi connectivity index (χ4v) is 21.6. The van der Waals surface area contributed by atoms with Gasteiger partial charge in [0.05, 0.1) is 0 Å². The van der Waals surface area contributed by atoms with Crippen LogP contribution in [0.15, 0.2) is 214 Å². The molecule has 3 heterocycles. The molecule has 0 saturated carbocycles. The van der Waals surface area contributed by atoms with Gasteiger partial charge in [-0.3, -0.25) is 14.4 Å². The monoisotopic (exact) mass is 1070 g/mol. The topological polar surface area (TPSA) is 92.5 Å². The zero-order valence-corrected chi connectivity index (χ0v) is 50.1. The number of carbonyl (C=O) groups excluding carboxylic acids is 3. The third-order valence-electron chi connectivity index (χ3n) is 16.7. The van der Waals surface area contributed by atoms with Gasteiger partial charge in [0.15, 0.2) is 17.3 Å². The maximum absolute atomic E-state index is 12.2. The predicted molar refractivity (Wildman–Crippen MR) is 337 cm³/mol. The van der Waals surface area contributed by atoms with Crippen molar-refractivity contribution in [3.05, 3.63) is 264 Å². The smallest absolute Gasteiger partial charge is 0.178 e. The Morgan fingerprint density at radius 2 is 0.756 bits per heavy atom. The number of nitrogens with one attached hydrogen (secondary N) is 1. The average molecular weight is 1070 g/mol. The van der Waals surface area contributed by atoms with E-state index in [-0.39, 0.29) is 17.3 Å². The molecule has 6 aromatic carbocycles. The van der Waals surface area contributed by atoms with Gasteiger partial charge in [-0.05, 0) is 208 Å². The fraction of sp³-hybridized carbons (Fsp3) is 0.174. The van der Waals surface area contributed by atoms with E-state index in [1.54, 1.807) is 18.2 Å².